The van der Waals surface area contributed by atoms with Crippen LogP contribution in [-0.2, 0) is 16.1 Å². The van der Waals surface area contributed by atoms with Gasteiger partial charge in [0.25, 0.3) is 0 Å². The summed E-state index contributed by atoms with van der Waals surface area (Å²) in [6.07, 6.45) is 5.15. The van der Waals surface area contributed by atoms with Crippen LogP contribution >= 0.6 is 0 Å². The number of carbonyl (C=O) groups excluding carboxylic acids is 3. The zero-order valence-corrected chi connectivity index (χ0v) is 22.3. The van der Waals surface area contributed by atoms with Gasteiger partial charge in [-0.2, -0.15) is 0 Å². The molecule has 41 heavy (non-hydrogen) atoms. The molecule has 5 rings (SSSR count). The van der Waals surface area contributed by atoms with Gasteiger partial charge in [0, 0.05) is 44.0 Å². The summed E-state index contributed by atoms with van der Waals surface area (Å²) in [5.74, 6) is -1.03. The van der Waals surface area contributed by atoms with Crippen molar-refractivity contribution >= 4 is 23.7 Å². The van der Waals surface area contributed by atoms with Crippen LogP contribution in [0.3, 0.4) is 0 Å². The van der Waals surface area contributed by atoms with E-state index in [0.29, 0.717) is 42.5 Å². The quantitative estimate of drug-likeness (QED) is 0.327. The molecule has 3 aromatic rings. The van der Waals surface area contributed by atoms with E-state index in [1.54, 1.807) is 30.5 Å². The summed E-state index contributed by atoms with van der Waals surface area (Å²) in [7, 11) is 0. The molecule has 2 aliphatic rings. The minimum atomic E-state index is -0.813. The lowest BCUT2D eigenvalue weighted by atomic mass is 9.96. The molecule has 2 saturated heterocycles. The number of piperidine rings is 2. The zero-order valence-electron chi connectivity index (χ0n) is 22.3. The van der Waals surface area contributed by atoms with E-state index in [1.165, 1.54) is 24.4 Å². The lowest BCUT2D eigenvalue weighted by Crippen LogP contribution is -2.54. The van der Waals surface area contributed by atoms with Crippen molar-refractivity contribution in [3.05, 3.63) is 77.5 Å². The van der Waals surface area contributed by atoms with Crippen molar-refractivity contribution in [2.24, 2.45) is 5.92 Å². The van der Waals surface area contributed by atoms with E-state index in [2.05, 4.69) is 20.9 Å². The molecule has 0 aliphatic carbocycles. The molecule has 4 N–H and O–H groups in total. The van der Waals surface area contributed by atoms with E-state index in [0.717, 1.165) is 29.5 Å². The Morgan fingerprint density at radius 2 is 1.88 bits per heavy atom. The summed E-state index contributed by atoms with van der Waals surface area (Å²) in [5, 5.41) is 16.4. The Bertz CT molecular complexity index is 1520. The van der Waals surface area contributed by atoms with E-state index in [-0.39, 0.29) is 30.1 Å². The van der Waals surface area contributed by atoms with E-state index in [1.807, 2.05) is 4.90 Å². The number of amides is 3. The largest absolute Gasteiger partial charge is 0.354 e. The number of nitrogens with one attached hydrogen (secondary N) is 4. The molecule has 4 heterocycles. The van der Waals surface area contributed by atoms with Gasteiger partial charge >= 0.3 is 6.03 Å². The molecule has 12 heteroatoms. The lowest BCUT2D eigenvalue weighted by Gasteiger charge is -2.33. The number of aromatic nitrogens is 2. The van der Waals surface area contributed by atoms with Crippen LogP contribution in [0, 0.1) is 23.0 Å². The minimum absolute atomic E-state index is 0.0275. The molecule has 2 fully saturated rings. The number of anilines is 1. The zero-order chi connectivity index (χ0) is 28.9. The summed E-state index contributed by atoms with van der Waals surface area (Å²) in [5.41, 5.74) is 1.92. The first kappa shape index (κ1) is 28.1. The molecule has 10 nitrogen and oxygen atoms in total. The number of imide groups is 1. The number of halogens is 2. The van der Waals surface area contributed by atoms with Crippen LogP contribution in [0.25, 0.3) is 11.1 Å². The number of carbonyl (C=O) groups is 3. The number of rotatable bonds is 7. The third-order valence-corrected chi connectivity index (χ3v) is 7.43. The topological polar surface area (TPSA) is 132 Å². The number of hydrogen-bond donors (Lipinski definition) is 4. The van der Waals surface area contributed by atoms with Gasteiger partial charge in [0.15, 0.2) is 11.6 Å². The molecule has 214 valence electrons. The van der Waals surface area contributed by atoms with Crippen LogP contribution < -0.4 is 26.3 Å². The predicted octanol–water partition coefficient (Wildman–Crippen LogP) is 2.68. The average molecular weight is 564 g/mol. The van der Waals surface area contributed by atoms with Crippen LogP contribution in [-0.4, -0.2) is 53.1 Å². The Labute approximate surface area is 235 Å². The second-order valence-electron chi connectivity index (χ2n) is 10.3. The normalized spacial score (nSPS) is 17.8. The predicted molar refractivity (Wildman–Crippen MR) is 147 cm³/mol. The van der Waals surface area contributed by atoms with Crippen molar-refractivity contribution in [1.29, 1.82) is 5.41 Å². The SMILES string of the molecule is N=c1cc(CNCC2CCN(c3ncc(-c4cccc(F)c4)cc3F)CC2)ccn1C(=O)NC1CCC(=O)NC1=O. The summed E-state index contributed by atoms with van der Waals surface area (Å²) in [4.78, 5) is 42.0. The number of pyridine rings is 2. The highest BCUT2D eigenvalue weighted by Gasteiger charge is 2.28. The maximum Gasteiger partial charge on any atom is 0.327 e. The molecular formula is C29H31F2N7O3. The van der Waals surface area contributed by atoms with Crippen LogP contribution in [0.15, 0.2) is 54.9 Å². The van der Waals surface area contributed by atoms with E-state index < -0.39 is 23.8 Å². The molecule has 0 saturated carbocycles. The Morgan fingerprint density at radius 3 is 2.59 bits per heavy atom. The van der Waals surface area contributed by atoms with Crippen molar-refractivity contribution in [2.45, 2.75) is 38.3 Å². The lowest BCUT2D eigenvalue weighted by molar-refractivity contribution is -0.134. The van der Waals surface area contributed by atoms with Crippen molar-refractivity contribution in [3.8, 4) is 11.1 Å². The van der Waals surface area contributed by atoms with Gasteiger partial charge in [0.05, 0.1) is 0 Å². The van der Waals surface area contributed by atoms with E-state index >= 15 is 0 Å². The molecule has 2 aliphatic heterocycles. The van der Waals surface area contributed by atoms with Crippen molar-refractivity contribution < 1.29 is 23.2 Å². The van der Waals surface area contributed by atoms with Gasteiger partial charge in [-0.25, -0.2) is 18.6 Å². The molecule has 1 aromatic carbocycles. The Kier molecular flexibility index (Phi) is 8.48. The van der Waals surface area contributed by atoms with Gasteiger partial charge in [-0.15, -0.1) is 0 Å². The number of nitrogens with zero attached hydrogens (tertiary/aromatic N) is 3. The molecule has 2 aromatic heterocycles. The van der Waals surface area contributed by atoms with Crippen molar-refractivity contribution in [3.63, 3.8) is 0 Å². The third kappa shape index (κ3) is 6.83. The monoisotopic (exact) mass is 563 g/mol. The fourth-order valence-corrected chi connectivity index (χ4v) is 5.14. The van der Waals surface area contributed by atoms with Crippen molar-refractivity contribution in [1.82, 2.24) is 25.5 Å². The minimum Gasteiger partial charge on any atom is -0.354 e. The Morgan fingerprint density at radius 1 is 1.07 bits per heavy atom. The Hall–Kier alpha value is -4.45. The molecule has 3 amide bonds. The van der Waals surface area contributed by atoms with Crippen molar-refractivity contribution in [2.75, 3.05) is 24.5 Å². The molecule has 0 spiro atoms. The van der Waals surface area contributed by atoms with Gasteiger partial charge in [0.2, 0.25) is 11.8 Å². The number of benzene rings is 1. The first-order chi connectivity index (χ1) is 19.8. The number of hydrogen-bond acceptors (Lipinski definition) is 7. The summed E-state index contributed by atoms with van der Waals surface area (Å²) >= 11 is 0. The Balaban J connectivity index is 1.08. The van der Waals surface area contributed by atoms with E-state index in [4.69, 9.17) is 5.41 Å². The molecular weight excluding hydrogens is 532 g/mol. The van der Waals surface area contributed by atoms with Crippen LogP contribution in [0.2, 0.25) is 0 Å². The highest BCUT2D eigenvalue weighted by Crippen LogP contribution is 2.27. The maximum atomic E-state index is 14.9. The third-order valence-electron chi connectivity index (χ3n) is 7.43. The average Bonchev–Trinajstić information content (AvgIpc) is 2.95. The molecule has 1 unspecified atom stereocenters. The highest BCUT2D eigenvalue weighted by molar-refractivity contribution is 6.01. The summed E-state index contributed by atoms with van der Waals surface area (Å²) < 4.78 is 29.5. The fraction of sp³-hybridized carbons (Fsp3) is 0.345. The van der Waals surface area contributed by atoms with Gasteiger partial charge in [-0.1, -0.05) is 12.1 Å². The second-order valence-corrected chi connectivity index (χ2v) is 10.3. The van der Waals surface area contributed by atoms with Gasteiger partial charge in [-0.05, 0) is 73.2 Å². The second kappa shape index (κ2) is 12.4. The molecule has 1 atom stereocenters. The van der Waals surface area contributed by atoms with Gasteiger partial charge in [-0.3, -0.25) is 24.9 Å². The van der Waals surface area contributed by atoms with Crippen LogP contribution in [0.1, 0.15) is 31.2 Å². The standard InChI is InChI=1S/C29H31F2N7O3/c30-22-3-1-2-20(13-22)21-14-23(31)27(34-17-21)37-9-6-18(7-10-37)15-33-16-19-8-11-38(25(32)12-19)29(41)35-24-4-5-26(39)36-28(24)40/h1-3,8,11-14,17-18,24,32-33H,4-7,9-10,15-16H2,(H,35,41)(H,36,39,40). The highest BCUT2D eigenvalue weighted by atomic mass is 19.1. The summed E-state index contributed by atoms with van der Waals surface area (Å²) in [6, 6.07) is 9.30. The first-order valence-electron chi connectivity index (χ1n) is 13.5. The maximum absolute atomic E-state index is 14.9. The van der Waals surface area contributed by atoms with Gasteiger partial charge in [0.1, 0.15) is 17.3 Å². The van der Waals surface area contributed by atoms with Gasteiger partial charge < -0.3 is 15.5 Å². The van der Waals surface area contributed by atoms with Crippen LogP contribution in [0.4, 0.5) is 19.4 Å². The smallest absolute Gasteiger partial charge is 0.327 e. The molecule has 0 bridgehead atoms. The molecule has 0 radical (unpaired) electrons. The van der Waals surface area contributed by atoms with Crippen LogP contribution in [0.5, 0.6) is 0 Å². The summed E-state index contributed by atoms with van der Waals surface area (Å²) in [6.45, 7) is 2.60. The first-order valence-corrected chi connectivity index (χ1v) is 13.5. The van der Waals surface area contributed by atoms with E-state index in [9.17, 15) is 23.2 Å². The fourth-order valence-electron chi connectivity index (χ4n) is 5.14.